The van der Waals surface area contributed by atoms with Crippen LogP contribution in [-0.4, -0.2) is 26.2 Å². The molecule has 0 saturated carbocycles. The molecule has 0 aromatic heterocycles. The minimum Gasteiger partial charge on any atom is -0.469 e. The molecular weight excluding hydrogens is 268 g/mol. The fourth-order valence-electron chi connectivity index (χ4n) is 2.12. The van der Waals surface area contributed by atoms with E-state index in [1.165, 1.54) is 19.8 Å². The summed E-state index contributed by atoms with van der Waals surface area (Å²) in [6.45, 7) is 6.45. The van der Waals surface area contributed by atoms with Crippen LogP contribution in [0.1, 0.15) is 38.3 Å². The summed E-state index contributed by atoms with van der Waals surface area (Å²) in [6, 6.07) is 8.10. The van der Waals surface area contributed by atoms with Gasteiger partial charge in [0.1, 0.15) is 0 Å². The number of esters is 2. The van der Waals surface area contributed by atoms with Gasteiger partial charge in [0.05, 0.1) is 26.6 Å². The third kappa shape index (κ3) is 5.21. The SMILES string of the molecule is COC(=O)CC(Cc1ccc(C(C)(C)C)cc1)C(=O)OC. The molecule has 1 unspecified atom stereocenters. The molecule has 0 radical (unpaired) electrons. The molecule has 0 fully saturated rings. The molecule has 1 aromatic carbocycles. The van der Waals surface area contributed by atoms with E-state index in [4.69, 9.17) is 4.74 Å². The first-order valence-corrected chi connectivity index (χ1v) is 7.02. The molecule has 1 atom stereocenters. The zero-order valence-corrected chi connectivity index (χ0v) is 13.4. The van der Waals surface area contributed by atoms with Crippen molar-refractivity contribution in [2.75, 3.05) is 14.2 Å². The summed E-state index contributed by atoms with van der Waals surface area (Å²) < 4.78 is 9.39. The van der Waals surface area contributed by atoms with E-state index in [-0.39, 0.29) is 17.8 Å². The van der Waals surface area contributed by atoms with Crippen molar-refractivity contribution in [3.8, 4) is 0 Å². The molecular formula is C17H24O4. The molecule has 0 amide bonds. The first kappa shape index (κ1) is 17.2. The van der Waals surface area contributed by atoms with Crippen LogP contribution in [0.3, 0.4) is 0 Å². The molecule has 0 aliphatic carbocycles. The van der Waals surface area contributed by atoms with Crippen LogP contribution in [0.25, 0.3) is 0 Å². The van der Waals surface area contributed by atoms with Gasteiger partial charge in [0.2, 0.25) is 0 Å². The van der Waals surface area contributed by atoms with Crippen molar-refractivity contribution >= 4 is 11.9 Å². The Morgan fingerprint density at radius 2 is 1.62 bits per heavy atom. The lowest BCUT2D eigenvalue weighted by atomic mass is 9.86. The van der Waals surface area contributed by atoms with Crippen LogP contribution in [0.15, 0.2) is 24.3 Å². The summed E-state index contributed by atoms with van der Waals surface area (Å²) in [4.78, 5) is 23.2. The van der Waals surface area contributed by atoms with E-state index in [0.29, 0.717) is 6.42 Å². The number of carbonyl (C=O) groups is 2. The first-order chi connectivity index (χ1) is 9.77. The third-order valence-electron chi connectivity index (χ3n) is 3.48. The van der Waals surface area contributed by atoms with E-state index >= 15 is 0 Å². The van der Waals surface area contributed by atoms with Crippen LogP contribution in [0.2, 0.25) is 0 Å². The Labute approximate surface area is 126 Å². The van der Waals surface area contributed by atoms with Crippen LogP contribution in [0.4, 0.5) is 0 Å². The van der Waals surface area contributed by atoms with Crippen LogP contribution >= 0.6 is 0 Å². The number of methoxy groups -OCH3 is 2. The zero-order chi connectivity index (χ0) is 16.0. The molecule has 0 saturated heterocycles. The van der Waals surface area contributed by atoms with Gasteiger partial charge in [0.15, 0.2) is 0 Å². The van der Waals surface area contributed by atoms with Gasteiger partial charge in [0, 0.05) is 0 Å². The highest BCUT2D eigenvalue weighted by molar-refractivity contribution is 5.80. The second-order valence-electron chi connectivity index (χ2n) is 6.15. The molecule has 4 heteroatoms. The predicted molar refractivity (Wildman–Crippen MR) is 81.0 cm³/mol. The van der Waals surface area contributed by atoms with Crippen molar-refractivity contribution < 1.29 is 19.1 Å². The van der Waals surface area contributed by atoms with Gasteiger partial charge in [-0.15, -0.1) is 0 Å². The first-order valence-electron chi connectivity index (χ1n) is 7.02. The molecule has 0 aliphatic heterocycles. The van der Waals surface area contributed by atoms with Gasteiger partial charge in [-0.2, -0.15) is 0 Å². The van der Waals surface area contributed by atoms with Crippen molar-refractivity contribution in [3.63, 3.8) is 0 Å². The standard InChI is InChI=1S/C17H24O4/c1-17(2,3)14-8-6-12(7-9-14)10-13(16(19)21-5)11-15(18)20-4/h6-9,13H,10-11H2,1-5H3. The maximum Gasteiger partial charge on any atom is 0.309 e. The Kier molecular flexibility index (Phi) is 5.94. The molecule has 116 valence electrons. The molecule has 0 heterocycles. The van der Waals surface area contributed by atoms with Crippen LogP contribution in [0, 0.1) is 5.92 Å². The second kappa shape index (κ2) is 7.25. The number of ether oxygens (including phenoxy) is 2. The Morgan fingerprint density at radius 3 is 2.05 bits per heavy atom. The van der Waals surface area contributed by atoms with Crippen LogP contribution in [0.5, 0.6) is 0 Å². The largest absolute Gasteiger partial charge is 0.469 e. The van der Waals surface area contributed by atoms with Gasteiger partial charge in [-0.3, -0.25) is 9.59 Å². The fourth-order valence-corrected chi connectivity index (χ4v) is 2.12. The number of carbonyl (C=O) groups excluding carboxylic acids is 2. The highest BCUT2D eigenvalue weighted by atomic mass is 16.5. The van der Waals surface area contributed by atoms with Gasteiger partial charge in [-0.25, -0.2) is 0 Å². The van der Waals surface area contributed by atoms with Gasteiger partial charge >= 0.3 is 11.9 Å². The Bertz CT molecular complexity index is 483. The van der Waals surface area contributed by atoms with Crippen molar-refractivity contribution in [1.82, 2.24) is 0 Å². The van der Waals surface area contributed by atoms with Gasteiger partial charge in [-0.1, -0.05) is 45.0 Å². The summed E-state index contributed by atoms with van der Waals surface area (Å²) in [7, 11) is 2.64. The van der Waals surface area contributed by atoms with Crippen molar-refractivity contribution in [2.45, 2.75) is 39.0 Å². The number of rotatable bonds is 5. The summed E-state index contributed by atoms with van der Waals surface area (Å²) in [5, 5.41) is 0. The van der Waals surface area contributed by atoms with Gasteiger partial charge in [-0.05, 0) is 23.0 Å². The number of benzene rings is 1. The number of hydrogen-bond acceptors (Lipinski definition) is 4. The predicted octanol–water partition coefficient (Wildman–Crippen LogP) is 2.88. The second-order valence-corrected chi connectivity index (χ2v) is 6.15. The van der Waals surface area contributed by atoms with Gasteiger partial charge < -0.3 is 9.47 Å². The Hall–Kier alpha value is -1.84. The maximum absolute atomic E-state index is 11.8. The molecule has 0 spiro atoms. The lowest BCUT2D eigenvalue weighted by Gasteiger charge is -2.20. The van der Waals surface area contributed by atoms with E-state index in [9.17, 15) is 9.59 Å². The van der Waals surface area contributed by atoms with Crippen molar-refractivity contribution in [1.29, 1.82) is 0 Å². The van der Waals surface area contributed by atoms with E-state index in [0.717, 1.165) is 5.56 Å². The van der Waals surface area contributed by atoms with Crippen LogP contribution in [-0.2, 0) is 30.9 Å². The van der Waals surface area contributed by atoms with Crippen molar-refractivity contribution in [2.24, 2.45) is 5.92 Å². The summed E-state index contributed by atoms with van der Waals surface area (Å²) in [6.07, 6.45) is 0.496. The van der Waals surface area contributed by atoms with E-state index in [1.807, 2.05) is 12.1 Å². The fraction of sp³-hybridized carbons (Fsp3) is 0.529. The molecule has 1 rings (SSSR count). The Balaban J connectivity index is 2.83. The summed E-state index contributed by atoms with van der Waals surface area (Å²) >= 11 is 0. The van der Waals surface area contributed by atoms with Crippen molar-refractivity contribution in [3.05, 3.63) is 35.4 Å². The monoisotopic (exact) mass is 292 g/mol. The smallest absolute Gasteiger partial charge is 0.309 e. The quantitative estimate of drug-likeness (QED) is 0.783. The summed E-state index contributed by atoms with van der Waals surface area (Å²) in [5.41, 5.74) is 2.32. The lowest BCUT2D eigenvalue weighted by molar-refractivity contribution is -0.151. The maximum atomic E-state index is 11.8. The third-order valence-corrected chi connectivity index (χ3v) is 3.48. The molecule has 0 N–H and O–H groups in total. The topological polar surface area (TPSA) is 52.6 Å². The number of hydrogen-bond donors (Lipinski definition) is 0. The average Bonchev–Trinajstić information content (AvgIpc) is 2.45. The summed E-state index contributed by atoms with van der Waals surface area (Å²) in [5.74, 6) is -1.31. The highest BCUT2D eigenvalue weighted by Gasteiger charge is 2.24. The minimum atomic E-state index is -0.511. The Morgan fingerprint density at radius 1 is 1.05 bits per heavy atom. The molecule has 4 nitrogen and oxygen atoms in total. The lowest BCUT2D eigenvalue weighted by Crippen LogP contribution is -2.22. The molecule has 1 aromatic rings. The molecule has 0 bridgehead atoms. The van der Waals surface area contributed by atoms with Gasteiger partial charge in [0.25, 0.3) is 0 Å². The zero-order valence-electron chi connectivity index (χ0n) is 13.4. The average molecular weight is 292 g/mol. The molecule has 0 aliphatic rings. The van der Waals surface area contributed by atoms with Crippen LogP contribution < -0.4 is 0 Å². The molecule has 21 heavy (non-hydrogen) atoms. The minimum absolute atomic E-state index is 0.0319. The highest BCUT2D eigenvalue weighted by Crippen LogP contribution is 2.23. The normalized spacial score (nSPS) is 12.6. The van der Waals surface area contributed by atoms with E-state index in [2.05, 4.69) is 37.6 Å². The van der Waals surface area contributed by atoms with E-state index in [1.54, 1.807) is 0 Å². The van der Waals surface area contributed by atoms with E-state index < -0.39 is 11.9 Å².